The number of ether oxygens (including phenoxy) is 1. The van der Waals surface area contributed by atoms with Crippen LogP contribution in [0.2, 0.25) is 0 Å². The second kappa shape index (κ2) is 13.8. The first-order chi connectivity index (χ1) is 20.8. The highest BCUT2D eigenvalue weighted by Crippen LogP contribution is 2.52. The summed E-state index contributed by atoms with van der Waals surface area (Å²) in [6, 6.07) is 23.6. The van der Waals surface area contributed by atoms with Crippen molar-refractivity contribution in [2.24, 2.45) is 11.8 Å². The summed E-state index contributed by atoms with van der Waals surface area (Å²) < 4.78 is 5.44. The molecule has 2 aliphatic rings. The van der Waals surface area contributed by atoms with Crippen LogP contribution in [0.5, 0.6) is 5.75 Å². The van der Waals surface area contributed by atoms with E-state index in [4.69, 9.17) is 4.74 Å². The zero-order valence-corrected chi connectivity index (χ0v) is 26.2. The first-order valence-electron chi connectivity index (χ1n) is 15.0. The number of thioether (sulfide) groups is 1. The molecule has 2 aliphatic heterocycles. The van der Waals surface area contributed by atoms with Crippen molar-refractivity contribution < 1.29 is 19.1 Å². The average Bonchev–Trinajstić information content (AvgIpc) is 3.41. The number of nitrogens with zero attached hydrogens (tertiary/aromatic N) is 2. The molecule has 5 rings (SSSR count). The number of hydrogen-bond acceptors (Lipinski definition) is 6. The Kier molecular flexibility index (Phi) is 9.88. The summed E-state index contributed by atoms with van der Waals surface area (Å²) in [4.78, 5) is 48.4. The molecule has 0 aromatic heterocycles. The molecule has 2 fully saturated rings. The SMILES string of the molecule is COc1ccc(C2C(C(=O)c3ccc(SC)cc3)C(c3ccccc3)C(C(=O)N3CCNCC3)N2C(=O)CC(C)C)cc1. The molecule has 7 nitrogen and oxygen atoms in total. The molecule has 0 spiro atoms. The number of rotatable bonds is 9. The van der Waals surface area contributed by atoms with Crippen molar-refractivity contribution in [2.75, 3.05) is 39.5 Å². The van der Waals surface area contributed by atoms with Gasteiger partial charge in [0.2, 0.25) is 11.8 Å². The number of piperazine rings is 1. The monoisotopic (exact) mass is 599 g/mol. The summed E-state index contributed by atoms with van der Waals surface area (Å²) in [6.07, 6.45) is 2.28. The molecule has 0 aliphatic carbocycles. The van der Waals surface area contributed by atoms with Crippen LogP contribution in [0.3, 0.4) is 0 Å². The first kappa shape index (κ1) is 30.8. The lowest BCUT2D eigenvalue weighted by atomic mass is 9.76. The molecule has 0 bridgehead atoms. The maximum absolute atomic E-state index is 14.8. The van der Waals surface area contributed by atoms with E-state index in [0.717, 1.165) is 16.0 Å². The Morgan fingerprint density at radius 3 is 2.14 bits per heavy atom. The van der Waals surface area contributed by atoms with Crippen molar-refractivity contribution in [1.29, 1.82) is 0 Å². The molecule has 43 heavy (non-hydrogen) atoms. The van der Waals surface area contributed by atoms with Crippen LogP contribution in [-0.4, -0.2) is 73.0 Å². The van der Waals surface area contributed by atoms with E-state index in [1.165, 1.54) is 0 Å². The zero-order chi connectivity index (χ0) is 30.5. The molecule has 3 aromatic rings. The summed E-state index contributed by atoms with van der Waals surface area (Å²) in [5, 5.41) is 3.32. The van der Waals surface area contributed by atoms with Gasteiger partial charge in [-0.15, -0.1) is 11.8 Å². The Morgan fingerprint density at radius 1 is 0.907 bits per heavy atom. The average molecular weight is 600 g/mol. The fourth-order valence-corrected chi connectivity index (χ4v) is 6.92. The summed E-state index contributed by atoms with van der Waals surface area (Å²) in [5.74, 6) is -0.714. The molecule has 1 N–H and O–H groups in total. The summed E-state index contributed by atoms with van der Waals surface area (Å²) in [6.45, 7) is 6.53. The van der Waals surface area contributed by atoms with E-state index >= 15 is 0 Å². The lowest BCUT2D eigenvalue weighted by Crippen LogP contribution is -2.55. The van der Waals surface area contributed by atoms with Crippen LogP contribution in [0.25, 0.3) is 0 Å². The number of nitrogens with one attached hydrogen (secondary N) is 1. The van der Waals surface area contributed by atoms with Crippen LogP contribution in [0.4, 0.5) is 0 Å². The van der Waals surface area contributed by atoms with Crippen molar-refractivity contribution in [3.63, 3.8) is 0 Å². The molecule has 4 atom stereocenters. The number of benzene rings is 3. The number of likely N-dealkylation sites (tertiary alicyclic amines) is 1. The Bertz CT molecular complexity index is 1410. The molecule has 3 aromatic carbocycles. The second-order valence-electron chi connectivity index (χ2n) is 11.7. The molecule has 226 valence electrons. The van der Waals surface area contributed by atoms with Gasteiger partial charge in [-0.1, -0.05) is 68.4 Å². The molecular formula is C35H41N3O4S. The first-order valence-corrected chi connectivity index (χ1v) is 16.2. The molecule has 2 amide bonds. The van der Waals surface area contributed by atoms with E-state index in [1.807, 2.05) is 104 Å². The van der Waals surface area contributed by atoms with Crippen LogP contribution >= 0.6 is 11.8 Å². The van der Waals surface area contributed by atoms with Gasteiger partial charge < -0.3 is 19.9 Å². The maximum atomic E-state index is 14.8. The minimum absolute atomic E-state index is 0.0692. The lowest BCUT2D eigenvalue weighted by molar-refractivity contribution is -0.146. The molecular weight excluding hydrogens is 558 g/mol. The highest BCUT2D eigenvalue weighted by Gasteiger charge is 2.57. The predicted molar refractivity (Wildman–Crippen MR) is 171 cm³/mol. The summed E-state index contributed by atoms with van der Waals surface area (Å²) >= 11 is 1.62. The van der Waals surface area contributed by atoms with Gasteiger partial charge in [-0.2, -0.15) is 0 Å². The van der Waals surface area contributed by atoms with Gasteiger partial charge >= 0.3 is 0 Å². The van der Waals surface area contributed by atoms with Gasteiger partial charge in [-0.3, -0.25) is 14.4 Å². The number of carbonyl (C=O) groups excluding carboxylic acids is 3. The van der Waals surface area contributed by atoms with Crippen LogP contribution in [-0.2, 0) is 9.59 Å². The molecule has 2 saturated heterocycles. The van der Waals surface area contributed by atoms with Gasteiger partial charge in [0.15, 0.2) is 5.78 Å². The topological polar surface area (TPSA) is 79.0 Å². The summed E-state index contributed by atoms with van der Waals surface area (Å²) in [5.41, 5.74) is 2.27. The Hall–Kier alpha value is -3.62. The van der Waals surface area contributed by atoms with Crippen molar-refractivity contribution in [3.05, 3.63) is 95.6 Å². The van der Waals surface area contributed by atoms with Gasteiger partial charge in [0, 0.05) is 49.0 Å². The lowest BCUT2D eigenvalue weighted by Gasteiger charge is -2.36. The van der Waals surface area contributed by atoms with E-state index in [0.29, 0.717) is 37.5 Å². The molecule has 8 heteroatoms. The van der Waals surface area contributed by atoms with Gasteiger partial charge in [0.05, 0.1) is 19.1 Å². The number of Topliss-reactive ketones (excluding diaryl/α,β-unsaturated/α-hetero) is 1. The van der Waals surface area contributed by atoms with Gasteiger partial charge in [0.1, 0.15) is 11.8 Å². The van der Waals surface area contributed by atoms with Crippen molar-refractivity contribution in [1.82, 2.24) is 15.1 Å². The van der Waals surface area contributed by atoms with Gasteiger partial charge in [-0.05, 0) is 47.6 Å². The highest BCUT2D eigenvalue weighted by molar-refractivity contribution is 7.98. The second-order valence-corrected chi connectivity index (χ2v) is 12.6. The minimum Gasteiger partial charge on any atom is -0.497 e. The van der Waals surface area contributed by atoms with E-state index in [-0.39, 0.29) is 29.9 Å². The number of carbonyl (C=O) groups is 3. The molecule has 0 saturated carbocycles. The van der Waals surface area contributed by atoms with Crippen molar-refractivity contribution in [2.45, 2.75) is 43.2 Å². The Balaban J connectivity index is 1.73. The quantitative estimate of drug-likeness (QED) is 0.261. The fraction of sp³-hybridized carbons (Fsp3) is 0.400. The normalized spacial score (nSPS) is 22.1. The number of hydrogen-bond donors (Lipinski definition) is 1. The third-order valence-corrected chi connectivity index (χ3v) is 9.28. The zero-order valence-electron chi connectivity index (χ0n) is 25.4. The van der Waals surface area contributed by atoms with E-state index in [1.54, 1.807) is 23.8 Å². The molecule has 4 unspecified atom stereocenters. The van der Waals surface area contributed by atoms with E-state index in [2.05, 4.69) is 5.32 Å². The third-order valence-electron chi connectivity index (χ3n) is 8.54. The standard InChI is InChI=1S/C35H41N3O4S/c1-23(2)22-29(39)38-32(25-10-14-27(42-3)15-11-25)31(34(40)26-12-16-28(43-4)17-13-26)30(24-8-6-5-7-9-24)33(38)35(41)37-20-18-36-19-21-37/h5-17,23,30-33,36H,18-22H2,1-4H3. The van der Waals surface area contributed by atoms with Gasteiger partial charge in [-0.25, -0.2) is 0 Å². The third kappa shape index (κ3) is 6.50. The summed E-state index contributed by atoms with van der Waals surface area (Å²) in [7, 11) is 1.61. The number of methoxy groups -OCH3 is 1. The maximum Gasteiger partial charge on any atom is 0.246 e. The van der Waals surface area contributed by atoms with E-state index in [9.17, 15) is 14.4 Å². The van der Waals surface area contributed by atoms with Crippen LogP contribution < -0.4 is 10.1 Å². The van der Waals surface area contributed by atoms with Gasteiger partial charge in [0.25, 0.3) is 0 Å². The van der Waals surface area contributed by atoms with E-state index < -0.39 is 23.9 Å². The van der Waals surface area contributed by atoms with Crippen molar-refractivity contribution >= 4 is 29.4 Å². The van der Waals surface area contributed by atoms with Crippen molar-refractivity contribution in [3.8, 4) is 5.75 Å². The Labute approximate surface area is 259 Å². The van der Waals surface area contributed by atoms with Crippen LogP contribution in [0.1, 0.15) is 53.7 Å². The predicted octanol–water partition coefficient (Wildman–Crippen LogP) is 5.43. The Morgan fingerprint density at radius 2 is 1.56 bits per heavy atom. The highest BCUT2D eigenvalue weighted by atomic mass is 32.2. The smallest absolute Gasteiger partial charge is 0.246 e. The fourth-order valence-electron chi connectivity index (χ4n) is 6.51. The number of amides is 2. The molecule has 0 radical (unpaired) electrons. The van der Waals surface area contributed by atoms with Crippen LogP contribution in [0.15, 0.2) is 83.8 Å². The van der Waals surface area contributed by atoms with Crippen LogP contribution in [0, 0.1) is 11.8 Å². The number of ketones is 1. The minimum atomic E-state index is -0.821. The largest absolute Gasteiger partial charge is 0.497 e. The molecule has 2 heterocycles.